The molecule has 1 aliphatic rings. The van der Waals surface area contributed by atoms with E-state index in [-0.39, 0.29) is 44.0 Å². The number of nitrogens with zero attached hydrogens (tertiary/aromatic N) is 6. The van der Waals surface area contributed by atoms with Crippen LogP contribution in [0.2, 0.25) is 0 Å². The van der Waals surface area contributed by atoms with Gasteiger partial charge in [-0.3, -0.25) is 9.11 Å². The van der Waals surface area contributed by atoms with Gasteiger partial charge in [0.05, 0.1) is 16.8 Å². The van der Waals surface area contributed by atoms with Crippen LogP contribution in [-0.2, 0) is 30.3 Å². The maximum absolute atomic E-state index is 11.8. The van der Waals surface area contributed by atoms with Crippen LogP contribution in [0.1, 0.15) is 0 Å². The molecule has 2 aromatic rings. The lowest BCUT2D eigenvalue weighted by atomic mass is 10.3. The molecular weight excluding hydrogens is 514 g/mol. The molecular formula is C16H23N7O8S3. The Hall–Kier alpha value is -2.64. The lowest BCUT2D eigenvalue weighted by molar-refractivity contribution is 0.385. The minimum atomic E-state index is -4.79. The SMILES string of the molecule is CN(C)c1nc(Nc2cc(S(=O)(=O)O)ccc2S(=O)(=O)O)nc(N2CCN(S(C)(=O)=O)CC2)n1. The lowest BCUT2D eigenvalue weighted by Gasteiger charge is -2.33. The van der Waals surface area contributed by atoms with Gasteiger partial charge in [-0.1, -0.05) is 0 Å². The highest BCUT2D eigenvalue weighted by Crippen LogP contribution is 2.28. The van der Waals surface area contributed by atoms with Crippen LogP contribution < -0.4 is 15.1 Å². The first-order chi connectivity index (χ1) is 15.6. The third kappa shape index (κ3) is 6.07. The Bertz CT molecular complexity index is 1400. The number of piperazine rings is 1. The van der Waals surface area contributed by atoms with Gasteiger partial charge in [0, 0.05) is 40.3 Å². The van der Waals surface area contributed by atoms with Gasteiger partial charge in [-0.2, -0.15) is 36.1 Å². The molecule has 3 N–H and O–H groups in total. The molecule has 34 heavy (non-hydrogen) atoms. The van der Waals surface area contributed by atoms with Crippen molar-refractivity contribution in [3.8, 4) is 0 Å². The maximum atomic E-state index is 11.8. The molecule has 0 bridgehead atoms. The van der Waals surface area contributed by atoms with Crippen molar-refractivity contribution >= 4 is 53.8 Å². The summed E-state index contributed by atoms with van der Waals surface area (Å²) >= 11 is 0. The Morgan fingerprint density at radius 2 is 1.53 bits per heavy atom. The molecule has 0 aliphatic carbocycles. The van der Waals surface area contributed by atoms with Crippen molar-refractivity contribution in [1.82, 2.24) is 19.3 Å². The van der Waals surface area contributed by atoms with Gasteiger partial charge in [0.25, 0.3) is 20.2 Å². The average Bonchev–Trinajstić information content (AvgIpc) is 2.71. The minimum absolute atomic E-state index is 0.161. The standard InChI is InChI=1S/C16H23N7O8S3/c1-21(2)15-18-14(19-16(20-15)22-6-8-23(9-7-22)32(3,24)25)17-12-10-11(33(26,27)28)4-5-13(12)34(29,30)31/h4-5,10H,6-9H2,1-3H3,(H,26,27,28)(H,29,30,31)(H,17,18,19,20). The second-order valence-electron chi connectivity index (χ2n) is 7.54. The second kappa shape index (κ2) is 9.19. The Morgan fingerprint density at radius 1 is 0.912 bits per heavy atom. The van der Waals surface area contributed by atoms with E-state index < -0.39 is 45.7 Å². The monoisotopic (exact) mass is 537 g/mol. The molecule has 1 aromatic carbocycles. The predicted octanol–water partition coefficient (Wildman–Crippen LogP) is -0.744. The van der Waals surface area contributed by atoms with Gasteiger partial charge >= 0.3 is 0 Å². The first-order valence-corrected chi connectivity index (χ1v) is 14.3. The molecule has 1 saturated heterocycles. The van der Waals surface area contributed by atoms with Crippen molar-refractivity contribution in [1.29, 1.82) is 0 Å². The summed E-state index contributed by atoms with van der Waals surface area (Å²) in [5, 5.41) is 2.56. The van der Waals surface area contributed by atoms with Crippen LogP contribution in [0, 0.1) is 0 Å². The zero-order valence-electron chi connectivity index (χ0n) is 18.3. The van der Waals surface area contributed by atoms with Gasteiger partial charge in [0.15, 0.2) is 0 Å². The quantitative estimate of drug-likeness (QED) is 0.372. The molecule has 2 heterocycles. The molecule has 1 aromatic heterocycles. The first kappa shape index (κ1) is 26.0. The van der Waals surface area contributed by atoms with Crippen LogP contribution in [-0.4, -0.2) is 100 Å². The first-order valence-electron chi connectivity index (χ1n) is 9.55. The average molecular weight is 538 g/mol. The molecule has 0 unspecified atom stereocenters. The fraction of sp³-hybridized carbons (Fsp3) is 0.438. The number of anilines is 4. The van der Waals surface area contributed by atoms with Gasteiger partial charge in [0.1, 0.15) is 4.90 Å². The van der Waals surface area contributed by atoms with E-state index in [9.17, 15) is 34.4 Å². The molecule has 3 rings (SSSR count). The highest BCUT2D eigenvalue weighted by atomic mass is 32.2. The lowest BCUT2D eigenvalue weighted by Crippen LogP contribution is -2.49. The van der Waals surface area contributed by atoms with E-state index in [2.05, 4.69) is 20.3 Å². The van der Waals surface area contributed by atoms with Gasteiger partial charge < -0.3 is 15.1 Å². The van der Waals surface area contributed by atoms with Crippen LogP contribution in [0.5, 0.6) is 0 Å². The highest BCUT2D eigenvalue weighted by Gasteiger charge is 2.26. The normalized spacial score (nSPS) is 15.9. The molecule has 0 amide bonds. The Morgan fingerprint density at radius 3 is 2.03 bits per heavy atom. The van der Waals surface area contributed by atoms with Crippen LogP contribution in [0.15, 0.2) is 28.0 Å². The van der Waals surface area contributed by atoms with Gasteiger partial charge in [-0.25, -0.2) is 8.42 Å². The Labute approximate surface area is 197 Å². The predicted molar refractivity (Wildman–Crippen MR) is 122 cm³/mol. The van der Waals surface area contributed by atoms with E-state index in [1.807, 2.05) is 0 Å². The minimum Gasteiger partial charge on any atom is -0.347 e. The fourth-order valence-corrected chi connectivity index (χ4v) is 5.04. The van der Waals surface area contributed by atoms with Crippen LogP contribution in [0.4, 0.5) is 23.5 Å². The van der Waals surface area contributed by atoms with Crippen molar-refractivity contribution in [3.63, 3.8) is 0 Å². The van der Waals surface area contributed by atoms with E-state index in [0.29, 0.717) is 0 Å². The largest absolute Gasteiger partial charge is 0.347 e. The third-order valence-corrected chi connectivity index (χ3v) is 7.84. The molecule has 0 saturated carbocycles. The van der Waals surface area contributed by atoms with Crippen molar-refractivity contribution < 1.29 is 34.4 Å². The van der Waals surface area contributed by atoms with Crippen LogP contribution >= 0.6 is 0 Å². The summed E-state index contributed by atoms with van der Waals surface area (Å²) in [5.41, 5.74) is -0.402. The topological polar surface area (TPSA) is 203 Å². The van der Waals surface area contributed by atoms with Crippen LogP contribution in [0.3, 0.4) is 0 Å². The summed E-state index contributed by atoms with van der Waals surface area (Å²) in [6.45, 7) is 0.956. The number of rotatable bonds is 7. The zero-order valence-corrected chi connectivity index (χ0v) is 20.8. The molecule has 15 nitrogen and oxygen atoms in total. The Kier molecular flexibility index (Phi) is 7.02. The molecule has 1 aliphatic heterocycles. The van der Waals surface area contributed by atoms with E-state index in [0.717, 1.165) is 24.5 Å². The number of benzene rings is 1. The van der Waals surface area contributed by atoms with Crippen molar-refractivity contribution in [3.05, 3.63) is 18.2 Å². The smallest absolute Gasteiger partial charge is 0.296 e. The summed E-state index contributed by atoms with van der Waals surface area (Å²) in [4.78, 5) is 14.7. The number of aromatic nitrogens is 3. The van der Waals surface area contributed by atoms with Gasteiger partial charge in [-0.05, 0) is 18.2 Å². The number of sulfonamides is 1. The summed E-state index contributed by atoms with van der Waals surface area (Å²) in [6.07, 6.45) is 1.12. The second-order valence-corrected chi connectivity index (χ2v) is 12.3. The molecule has 0 spiro atoms. The summed E-state index contributed by atoms with van der Waals surface area (Å²) in [6, 6.07) is 2.43. The number of nitrogens with one attached hydrogen (secondary N) is 1. The number of hydrogen-bond donors (Lipinski definition) is 3. The molecule has 18 heteroatoms. The molecule has 0 radical (unpaired) electrons. The van der Waals surface area contributed by atoms with E-state index in [1.54, 1.807) is 23.9 Å². The van der Waals surface area contributed by atoms with Crippen LogP contribution in [0.25, 0.3) is 0 Å². The van der Waals surface area contributed by atoms with E-state index in [4.69, 9.17) is 0 Å². The summed E-state index contributed by atoms with van der Waals surface area (Å²) in [7, 11) is -9.53. The van der Waals surface area contributed by atoms with Gasteiger partial charge in [0.2, 0.25) is 27.9 Å². The van der Waals surface area contributed by atoms with Crippen molar-refractivity contribution in [2.75, 3.05) is 61.6 Å². The maximum Gasteiger partial charge on any atom is 0.296 e. The van der Waals surface area contributed by atoms with Crippen molar-refractivity contribution in [2.45, 2.75) is 9.79 Å². The van der Waals surface area contributed by atoms with E-state index in [1.165, 1.54) is 4.31 Å². The number of hydrogen-bond acceptors (Lipinski definition) is 12. The molecule has 0 atom stereocenters. The fourth-order valence-electron chi connectivity index (χ4n) is 3.08. The molecule has 1 fully saturated rings. The van der Waals surface area contributed by atoms with E-state index >= 15 is 0 Å². The molecule has 188 valence electrons. The third-order valence-electron chi connectivity index (χ3n) is 4.78. The van der Waals surface area contributed by atoms with Crippen molar-refractivity contribution in [2.24, 2.45) is 0 Å². The Balaban J connectivity index is 2.02. The summed E-state index contributed by atoms with van der Waals surface area (Å²) < 4.78 is 90.3. The highest BCUT2D eigenvalue weighted by molar-refractivity contribution is 7.88. The van der Waals surface area contributed by atoms with Gasteiger partial charge in [-0.15, -0.1) is 0 Å². The summed E-state index contributed by atoms with van der Waals surface area (Å²) in [5.74, 6) is 0.141. The zero-order chi connectivity index (χ0) is 25.5.